The minimum atomic E-state index is 0.0611. The average Bonchev–Trinajstić information content (AvgIpc) is 2.74. The van der Waals surface area contributed by atoms with Crippen LogP contribution < -0.4 is 5.32 Å². The van der Waals surface area contributed by atoms with Crippen LogP contribution in [0.5, 0.6) is 0 Å². The van der Waals surface area contributed by atoms with Crippen LogP contribution in [0.2, 0.25) is 0 Å². The van der Waals surface area contributed by atoms with E-state index >= 15 is 0 Å². The maximum absolute atomic E-state index is 4.32. The van der Waals surface area contributed by atoms with E-state index in [0.29, 0.717) is 0 Å². The molecule has 0 saturated carbocycles. The number of hydrogen-bond donors (Lipinski definition) is 1. The number of aryl methyl sites for hydroxylation is 3. The fourth-order valence-electron chi connectivity index (χ4n) is 2.25. The molecule has 0 aliphatic heterocycles. The summed E-state index contributed by atoms with van der Waals surface area (Å²) in [6.45, 7) is 7.05. The zero-order valence-electron chi connectivity index (χ0n) is 12.3. The first-order valence-corrected chi connectivity index (χ1v) is 7.55. The Hall–Kier alpha value is -1.27. The van der Waals surface area contributed by atoms with Crippen LogP contribution in [-0.2, 0) is 7.05 Å². The van der Waals surface area contributed by atoms with Crippen molar-refractivity contribution in [3.05, 3.63) is 39.4 Å². The minimum Gasteiger partial charge on any atom is -0.305 e. The van der Waals surface area contributed by atoms with Crippen LogP contribution in [0.4, 0.5) is 0 Å². The first kappa shape index (κ1) is 15.1. The molecule has 0 radical (unpaired) electrons. The lowest BCUT2D eigenvalue weighted by Crippen LogP contribution is -2.27. The standard InChI is InChI=1S/C14H20BrN5/c1-5-6-16-13(14-12(15)8-17-20(14)4)11-7-9(2)18-19-10(11)3/h7-8,13,16H,5-6H2,1-4H3. The van der Waals surface area contributed by atoms with Gasteiger partial charge in [0.1, 0.15) is 0 Å². The van der Waals surface area contributed by atoms with E-state index in [9.17, 15) is 0 Å². The van der Waals surface area contributed by atoms with Crippen molar-refractivity contribution >= 4 is 15.9 Å². The van der Waals surface area contributed by atoms with Gasteiger partial charge in [0, 0.05) is 12.6 Å². The Labute approximate surface area is 127 Å². The lowest BCUT2D eigenvalue weighted by molar-refractivity contribution is 0.546. The Bertz CT molecular complexity index is 574. The molecule has 2 heterocycles. The van der Waals surface area contributed by atoms with Gasteiger partial charge in [0.15, 0.2) is 0 Å². The number of nitrogens with one attached hydrogen (secondary N) is 1. The van der Waals surface area contributed by atoms with Crippen molar-refractivity contribution in [2.24, 2.45) is 7.05 Å². The highest BCUT2D eigenvalue weighted by Crippen LogP contribution is 2.29. The van der Waals surface area contributed by atoms with Crippen molar-refractivity contribution in [3.63, 3.8) is 0 Å². The van der Waals surface area contributed by atoms with Crippen LogP contribution in [0.25, 0.3) is 0 Å². The van der Waals surface area contributed by atoms with Gasteiger partial charge < -0.3 is 5.32 Å². The fraction of sp³-hybridized carbons (Fsp3) is 0.500. The lowest BCUT2D eigenvalue weighted by Gasteiger charge is -2.21. The SMILES string of the molecule is CCCNC(c1cc(C)nnc1C)c1c(Br)cnn1C. The summed E-state index contributed by atoms with van der Waals surface area (Å²) in [5.41, 5.74) is 4.12. The summed E-state index contributed by atoms with van der Waals surface area (Å²) >= 11 is 3.59. The molecule has 0 saturated heterocycles. The predicted molar refractivity (Wildman–Crippen MR) is 82.6 cm³/mol. The quantitative estimate of drug-likeness (QED) is 0.911. The number of hydrogen-bond acceptors (Lipinski definition) is 4. The van der Waals surface area contributed by atoms with E-state index in [2.05, 4.69) is 49.5 Å². The minimum absolute atomic E-state index is 0.0611. The monoisotopic (exact) mass is 337 g/mol. The van der Waals surface area contributed by atoms with Gasteiger partial charge in [0.25, 0.3) is 0 Å². The van der Waals surface area contributed by atoms with Gasteiger partial charge >= 0.3 is 0 Å². The van der Waals surface area contributed by atoms with E-state index in [4.69, 9.17) is 0 Å². The fourth-order valence-corrected chi connectivity index (χ4v) is 2.83. The van der Waals surface area contributed by atoms with Gasteiger partial charge in [0.05, 0.1) is 33.8 Å². The van der Waals surface area contributed by atoms with Gasteiger partial charge in [-0.05, 0) is 48.8 Å². The summed E-state index contributed by atoms with van der Waals surface area (Å²) in [7, 11) is 1.96. The second-order valence-corrected chi connectivity index (χ2v) is 5.77. The smallest absolute Gasteiger partial charge is 0.0778 e. The summed E-state index contributed by atoms with van der Waals surface area (Å²) in [4.78, 5) is 0. The van der Waals surface area contributed by atoms with Crippen molar-refractivity contribution in [1.82, 2.24) is 25.3 Å². The Kier molecular flexibility index (Phi) is 4.88. The van der Waals surface area contributed by atoms with E-state index in [1.54, 1.807) is 0 Å². The number of rotatable bonds is 5. The lowest BCUT2D eigenvalue weighted by atomic mass is 10.0. The molecule has 0 amide bonds. The van der Waals surface area contributed by atoms with E-state index in [-0.39, 0.29) is 6.04 Å². The summed E-state index contributed by atoms with van der Waals surface area (Å²) in [5, 5.41) is 16.3. The van der Waals surface area contributed by atoms with Crippen molar-refractivity contribution in [2.45, 2.75) is 33.2 Å². The van der Waals surface area contributed by atoms with Crippen LogP contribution in [-0.4, -0.2) is 26.5 Å². The van der Waals surface area contributed by atoms with Gasteiger partial charge in [-0.1, -0.05) is 6.92 Å². The molecule has 0 bridgehead atoms. The van der Waals surface area contributed by atoms with Crippen molar-refractivity contribution in [1.29, 1.82) is 0 Å². The molecule has 0 aromatic carbocycles. The van der Waals surface area contributed by atoms with E-state index in [1.165, 1.54) is 0 Å². The van der Waals surface area contributed by atoms with Gasteiger partial charge in [-0.15, -0.1) is 0 Å². The van der Waals surface area contributed by atoms with Crippen LogP contribution in [0.15, 0.2) is 16.7 Å². The number of aromatic nitrogens is 4. The van der Waals surface area contributed by atoms with Crippen molar-refractivity contribution < 1.29 is 0 Å². The van der Waals surface area contributed by atoms with Crippen molar-refractivity contribution in [2.75, 3.05) is 6.54 Å². The normalized spacial score (nSPS) is 12.7. The number of halogens is 1. The molecule has 6 heteroatoms. The molecular formula is C14H20BrN5. The highest BCUT2D eigenvalue weighted by atomic mass is 79.9. The molecule has 5 nitrogen and oxygen atoms in total. The van der Waals surface area contributed by atoms with Crippen LogP contribution in [0.3, 0.4) is 0 Å². The Balaban J connectivity index is 2.50. The van der Waals surface area contributed by atoms with E-state index < -0.39 is 0 Å². The van der Waals surface area contributed by atoms with Gasteiger partial charge in [-0.3, -0.25) is 4.68 Å². The Morgan fingerprint density at radius 3 is 2.70 bits per heavy atom. The second kappa shape index (κ2) is 6.45. The topological polar surface area (TPSA) is 55.6 Å². The molecule has 0 spiro atoms. The molecule has 2 rings (SSSR count). The summed E-state index contributed by atoms with van der Waals surface area (Å²) in [5.74, 6) is 0. The maximum Gasteiger partial charge on any atom is 0.0778 e. The first-order chi connectivity index (χ1) is 9.54. The third kappa shape index (κ3) is 3.07. The zero-order chi connectivity index (χ0) is 14.7. The summed E-state index contributed by atoms with van der Waals surface area (Å²) in [6.07, 6.45) is 2.90. The second-order valence-electron chi connectivity index (χ2n) is 4.91. The molecule has 2 aromatic rings. The predicted octanol–water partition coefficient (Wildman–Crippen LogP) is 2.68. The molecule has 1 atom stereocenters. The molecular weight excluding hydrogens is 318 g/mol. The highest BCUT2D eigenvalue weighted by Gasteiger charge is 2.22. The zero-order valence-corrected chi connectivity index (χ0v) is 13.9. The third-order valence-electron chi connectivity index (χ3n) is 3.26. The number of nitrogens with zero attached hydrogens (tertiary/aromatic N) is 4. The van der Waals surface area contributed by atoms with Gasteiger partial charge in [-0.25, -0.2) is 0 Å². The van der Waals surface area contributed by atoms with Crippen molar-refractivity contribution in [3.8, 4) is 0 Å². The van der Waals surface area contributed by atoms with Crippen LogP contribution in [0, 0.1) is 13.8 Å². The largest absolute Gasteiger partial charge is 0.305 e. The highest BCUT2D eigenvalue weighted by molar-refractivity contribution is 9.10. The molecule has 0 aliphatic rings. The molecule has 1 N–H and O–H groups in total. The maximum atomic E-state index is 4.32. The molecule has 2 aromatic heterocycles. The molecule has 1 unspecified atom stereocenters. The molecule has 20 heavy (non-hydrogen) atoms. The third-order valence-corrected chi connectivity index (χ3v) is 3.87. The molecule has 0 fully saturated rings. The average molecular weight is 338 g/mol. The summed E-state index contributed by atoms with van der Waals surface area (Å²) in [6, 6.07) is 2.15. The van der Waals surface area contributed by atoms with Crippen LogP contribution >= 0.6 is 15.9 Å². The summed E-state index contributed by atoms with van der Waals surface area (Å²) < 4.78 is 2.90. The van der Waals surface area contributed by atoms with Gasteiger partial charge in [-0.2, -0.15) is 15.3 Å². The van der Waals surface area contributed by atoms with Gasteiger partial charge in [0.2, 0.25) is 0 Å². The first-order valence-electron chi connectivity index (χ1n) is 6.76. The molecule has 0 aliphatic carbocycles. The Morgan fingerprint density at radius 2 is 2.10 bits per heavy atom. The molecule has 108 valence electrons. The van der Waals surface area contributed by atoms with E-state index in [0.717, 1.165) is 40.1 Å². The Morgan fingerprint density at radius 1 is 1.35 bits per heavy atom. The van der Waals surface area contributed by atoms with Crippen LogP contribution in [0.1, 0.15) is 42.0 Å². The van der Waals surface area contributed by atoms with E-state index in [1.807, 2.05) is 31.8 Å².